The number of benzene rings is 1. The zero-order valence-corrected chi connectivity index (χ0v) is 10.4. The van der Waals surface area contributed by atoms with Crippen molar-refractivity contribution in [1.82, 2.24) is 9.97 Å². The van der Waals surface area contributed by atoms with E-state index in [0.29, 0.717) is 0 Å². The maximum Gasteiger partial charge on any atom is 0.224 e. The van der Waals surface area contributed by atoms with Crippen LogP contribution in [0.5, 0.6) is 0 Å². The molecule has 0 aliphatic carbocycles. The number of anilines is 1. The summed E-state index contributed by atoms with van der Waals surface area (Å²) in [5, 5.41) is 4.55. The zero-order valence-electron chi connectivity index (χ0n) is 9.65. The molecule has 0 bridgehead atoms. The minimum atomic E-state index is 0.275. The quantitative estimate of drug-likeness (QED) is 0.509. The number of aromatic nitrogens is 2. The summed E-state index contributed by atoms with van der Waals surface area (Å²) >= 11 is 5.89. The van der Waals surface area contributed by atoms with E-state index < -0.39 is 0 Å². The second-order valence-corrected chi connectivity index (χ2v) is 3.98. The molecule has 0 unspecified atom stereocenters. The molecule has 3 nitrogen and oxygen atoms in total. The smallest absolute Gasteiger partial charge is 0.224 e. The molecule has 0 aliphatic heterocycles. The first-order valence-electron chi connectivity index (χ1n) is 5.58. The Kier molecular flexibility index (Phi) is 3.94. The molecule has 1 N–H and O–H groups in total. The number of nitrogens with zero attached hydrogens (tertiary/aromatic N) is 2. The minimum Gasteiger partial charge on any atom is -0.369 e. The lowest BCUT2D eigenvalue weighted by Crippen LogP contribution is -2.04. The van der Waals surface area contributed by atoms with Gasteiger partial charge < -0.3 is 5.32 Å². The molecule has 2 rings (SSSR count). The molecule has 1 heterocycles. The molecule has 1 aromatic heterocycles. The number of hydrogen-bond donors (Lipinski definition) is 1. The lowest BCUT2D eigenvalue weighted by Gasteiger charge is -2.07. The Hall–Kier alpha value is -1.61. The van der Waals surface area contributed by atoms with Crippen LogP contribution in [0.4, 0.5) is 5.82 Å². The Morgan fingerprint density at radius 1 is 1.29 bits per heavy atom. The van der Waals surface area contributed by atoms with Crippen LogP contribution in [-0.4, -0.2) is 16.5 Å². The summed E-state index contributed by atoms with van der Waals surface area (Å²) in [7, 11) is 0. The maximum atomic E-state index is 5.89. The van der Waals surface area contributed by atoms with Gasteiger partial charge in [-0.2, -0.15) is 0 Å². The Labute approximate surface area is 106 Å². The molecule has 17 heavy (non-hydrogen) atoms. The molecule has 0 saturated heterocycles. The number of hydrogen-bond acceptors (Lipinski definition) is 3. The van der Waals surface area contributed by atoms with Crippen molar-refractivity contribution in [2.24, 2.45) is 0 Å². The summed E-state index contributed by atoms with van der Waals surface area (Å²) in [6, 6.07) is 7.83. The van der Waals surface area contributed by atoms with Crippen LogP contribution >= 0.6 is 11.6 Å². The van der Waals surface area contributed by atoms with Crippen molar-refractivity contribution >= 4 is 28.3 Å². The summed E-state index contributed by atoms with van der Waals surface area (Å²) in [5.74, 6) is 0.796. The predicted octanol–water partition coefficient (Wildman–Crippen LogP) is 3.66. The predicted molar refractivity (Wildman–Crippen MR) is 72.5 cm³/mol. The first-order valence-corrected chi connectivity index (χ1v) is 5.96. The second kappa shape index (κ2) is 5.64. The molecule has 0 saturated carbocycles. The normalized spacial score (nSPS) is 11.2. The number of para-hydroxylation sites is 1. The summed E-state index contributed by atoms with van der Waals surface area (Å²) in [5.41, 5.74) is 0.862. The molecule has 88 valence electrons. The van der Waals surface area contributed by atoms with Crippen molar-refractivity contribution in [3.05, 3.63) is 41.7 Å². The second-order valence-electron chi connectivity index (χ2n) is 3.64. The summed E-state index contributed by atoms with van der Waals surface area (Å²) < 4.78 is 0. The van der Waals surface area contributed by atoms with Gasteiger partial charge in [0.05, 0.1) is 5.52 Å². The molecule has 0 aliphatic rings. The topological polar surface area (TPSA) is 37.8 Å². The molecule has 0 amide bonds. The monoisotopic (exact) mass is 247 g/mol. The van der Waals surface area contributed by atoms with Gasteiger partial charge in [0.25, 0.3) is 0 Å². The van der Waals surface area contributed by atoms with Crippen LogP contribution in [0.15, 0.2) is 36.4 Å². The Morgan fingerprint density at radius 2 is 2.12 bits per heavy atom. The fraction of sp³-hybridized carbons (Fsp3) is 0.231. The number of fused-ring (bicyclic) bond motifs is 1. The van der Waals surface area contributed by atoms with E-state index in [0.717, 1.165) is 29.7 Å². The van der Waals surface area contributed by atoms with E-state index in [2.05, 4.69) is 21.4 Å². The van der Waals surface area contributed by atoms with Crippen LogP contribution in [0.2, 0.25) is 5.28 Å². The average molecular weight is 248 g/mol. The summed E-state index contributed by atoms with van der Waals surface area (Å²) in [4.78, 5) is 8.40. The van der Waals surface area contributed by atoms with Gasteiger partial charge in [-0.25, -0.2) is 9.97 Å². The highest BCUT2D eigenvalue weighted by Crippen LogP contribution is 2.21. The molecular weight excluding hydrogens is 234 g/mol. The average Bonchev–Trinajstić information content (AvgIpc) is 2.34. The van der Waals surface area contributed by atoms with E-state index in [1.165, 1.54) is 0 Å². The minimum absolute atomic E-state index is 0.275. The van der Waals surface area contributed by atoms with Crippen LogP contribution in [0.3, 0.4) is 0 Å². The molecule has 2 aromatic rings. The molecule has 1 aromatic carbocycles. The van der Waals surface area contributed by atoms with Gasteiger partial charge in [0.15, 0.2) is 0 Å². The fourth-order valence-electron chi connectivity index (χ4n) is 1.62. The zero-order chi connectivity index (χ0) is 12.1. The van der Waals surface area contributed by atoms with Crippen LogP contribution in [0.1, 0.15) is 13.3 Å². The van der Waals surface area contributed by atoms with Gasteiger partial charge in [0.1, 0.15) is 5.82 Å². The lowest BCUT2D eigenvalue weighted by atomic mass is 10.2. The van der Waals surface area contributed by atoms with Gasteiger partial charge in [-0.1, -0.05) is 24.3 Å². The summed E-state index contributed by atoms with van der Waals surface area (Å²) in [6.45, 7) is 2.85. The van der Waals surface area contributed by atoms with E-state index in [4.69, 9.17) is 11.6 Å². The maximum absolute atomic E-state index is 5.89. The number of allylic oxidation sites excluding steroid dienone is 1. The van der Waals surface area contributed by atoms with Crippen molar-refractivity contribution in [3.63, 3.8) is 0 Å². The van der Waals surface area contributed by atoms with Gasteiger partial charge in [-0.05, 0) is 37.1 Å². The van der Waals surface area contributed by atoms with E-state index in [1.807, 2.05) is 37.3 Å². The Morgan fingerprint density at radius 3 is 2.94 bits per heavy atom. The van der Waals surface area contributed by atoms with Crippen LogP contribution in [-0.2, 0) is 0 Å². The highest BCUT2D eigenvalue weighted by atomic mass is 35.5. The number of rotatable bonds is 4. The van der Waals surface area contributed by atoms with Gasteiger partial charge in [-0.15, -0.1) is 0 Å². The third-order valence-electron chi connectivity index (χ3n) is 2.42. The molecule has 0 fully saturated rings. The van der Waals surface area contributed by atoms with Gasteiger partial charge >= 0.3 is 0 Å². The van der Waals surface area contributed by atoms with E-state index in [1.54, 1.807) is 0 Å². The van der Waals surface area contributed by atoms with E-state index in [9.17, 15) is 0 Å². The molecule has 4 heteroatoms. The van der Waals surface area contributed by atoms with Gasteiger partial charge in [0, 0.05) is 11.9 Å². The van der Waals surface area contributed by atoms with Crippen molar-refractivity contribution in [2.75, 3.05) is 11.9 Å². The largest absolute Gasteiger partial charge is 0.369 e. The van der Waals surface area contributed by atoms with Crippen LogP contribution in [0.25, 0.3) is 10.9 Å². The number of halogens is 1. The standard InChI is InChI=1S/C13H14ClN3/c1-2-3-6-9-15-12-10-7-4-5-8-11(10)16-13(14)17-12/h2-5,7-8H,6,9H2,1H3,(H,15,16,17)/b3-2+. The number of nitrogens with one attached hydrogen (secondary N) is 1. The molecular formula is C13H14ClN3. The first kappa shape index (κ1) is 11.9. The first-order chi connectivity index (χ1) is 8.31. The van der Waals surface area contributed by atoms with E-state index >= 15 is 0 Å². The molecule has 0 atom stereocenters. The van der Waals surface area contributed by atoms with Crippen molar-refractivity contribution in [1.29, 1.82) is 0 Å². The van der Waals surface area contributed by atoms with Crippen molar-refractivity contribution in [2.45, 2.75) is 13.3 Å². The van der Waals surface area contributed by atoms with Gasteiger partial charge in [0.2, 0.25) is 5.28 Å². The fourth-order valence-corrected chi connectivity index (χ4v) is 1.80. The molecule has 0 spiro atoms. The highest BCUT2D eigenvalue weighted by Gasteiger charge is 2.04. The highest BCUT2D eigenvalue weighted by molar-refractivity contribution is 6.28. The van der Waals surface area contributed by atoms with E-state index in [-0.39, 0.29) is 5.28 Å². The van der Waals surface area contributed by atoms with Crippen LogP contribution < -0.4 is 5.32 Å². The lowest BCUT2D eigenvalue weighted by molar-refractivity contribution is 1.04. The Bertz CT molecular complexity index is 537. The van der Waals surface area contributed by atoms with Gasteiger partial charge in [-0.3, -0.25) is 0 Å². The third kappa shape index (κ3) is 2.94. The Balaban J connectivity index is 2.26. The SMILES string of the molecule is C/C=C/CCNc1nc(Cl)nc2ccccc12. The van der Waals surface area contributed by atoms with Crippen molar-refractivity contribution < 1.29 is 0 Å². The summed E-state index contributed by atoms with van der Waals surface area (Å²) in [6.07, 6.45) is 5.11. The third-order valence-corrected chi connectivity index (χ3v) is 2.58. The molecule has 0 radical (unpaired) electrons. The van der Waals surface area contributed by atoms with Crippen molar-refractivity contribution in [3.8, 4) is 0 Å². The van der Waals surface area contributed by atoms with Crippen LogP contribution in [0, 0.1) is 0 Å².